The molecule has 22 heavy (non-hydrogen) atoms. The van der Waals surface area contributed by atoms with Crippen molar-refractivity contribution in [1.82, 2.24) is 5.32 Å². The van der Waals surface area contributed by atoms with E-state index in [2.05, 4.69) is 5.32 Å². The molecule has 3 nitrogen and oxygen atoms in total. The molecule has 2 aromatic carbocycles. The lowest BCUT2D eigenvalue weighted by atomic mass is 10.0. The van der Waals surface area contributed by atoms with Crippen molar-refractivity contribution in [2.75, 3.05) is 6.61 Å². The van der Waals surface area contributed by atoms with Crippen molar-refractivity contribution < 1.29 is 9.53 Å². The van der Waals surface area contributed by atoms with Crippen LogP contribution in [0.25, 0.3) is 0 Å². The van der Waals surface area contributed by atoms with Gasteiger partial charge < -0.3 is 10.1 Å². The number of amides is 1. The number of hydrogen-bond acceptors (Lipinski definition) is 2. The minimum Gasteiger partial charge on any atom is -0.482 e. The van der Waals surface area contributed by atoms with Gasteiger partial charge in [0.15, 0.2) is 6.61 Å². The molecule has 2 rings (SSSR count). The van der Waals surface area contributed by atoms with Gasteiger partial charge in [-0.15, -0.1) is 0 Å². The summed E-state index contributed by atoms with van der Waals surface area (Å²) in [5, 5.41) is 3.49. The molecule has 0 heterocycles. The maximum absolute atomic E-state index is 12.1. The van der Waals surface area contributed by atoms with Crippen LogP contribution in [-0.4, -0.2) is 12.5 Å². The molecule has 0 aliphatic rings. The van der Waals surface area contributed by atoms with E-state index in [0.29, 0.717) is 10.8 Å². The van der Waals surface area contributed by atoms with Gasteiger partial charge in [-0.3, -0.25) is 4.79 Å². The Balaban J connectivity index is 1.92. The fourth-order valence-electron chi connectivity index (χ4n) is 2.16. The summed E-state index contributed by atoms with van der Waals surface area (Å²) < 4.78 is 5.45. The Morgan fingerprint density at radius 3 is 2.50 bits per heavy atom. The summed E-state index contributed by atoms with van der Waals surface area (Å²) in [6.45, 7) is 4.03. The van der Waals surface area contributed by atoms with Gasteiger partial charge in [-0.2, -0.15) is 0 Å². The molecule has 1 amide bonds. The number of carbonyl (C=O) groups excluding carboxylic acids is 1. The van der Waals surface area contributed by atoms with Gasteiger partial charge in [-0.25, -0.2) is 0 Å². The highest BCUT2D eigenvalue weighted by Crippen LogP contribution is 2.23. The second kappa shape index (κ2) is 7.85. The zero-order chi connectivity index (χ0) is 15.9. The maximum atomic E-state index is 12.1. The minimum atomic E-state index is -0.160. The van der Waals surface area contributed by atoms with E-state index in [1.807, 2.05) is 50.2 Å². The van der Waals surface area contributed by atoms with Gasteiger partial charge in [0.05, 0.1) is 11.1 Å². The van der Waals surface area contributed by atoms with Crippen LogP contribution < -0.4 is 10.1 Å². The molecule has 0 aliphatic carbocycles. The molecule has 1 unspecified atom stereocenters. The van der Waals surface area contributed by atoms with Crippen molar-refractivity contribution in [3.8, 4) is 5.75 Å². The number of para-hydroxylation sites is 1. The Morgan fingerprint density at radius 1 is 1.18 bits per heavy atom. The lowest BCUT2D eigenvalue weighted by Gasteiger charge is -2.18. The second-order valence-electron chi connectivity index (χ2n) is 5.16. The molecule has 4 heteroatoms. The van der Waals surface area contributed by atoms with Crippen molar-refractivity contribution in [3.63, 3.8) is 0 Å². The molecule has 0 bridgehead atoms. The first-order valence-electron chi connectivity index (χ1n) is 7.33. The summed E-state index contributed by atoms with van der Waals surface area (Å²) in [6.07, 6.45) is 0.820. The summed E-state index contributed by atoms with van der Waals surface area (Å²) >= 11 is 5.99. The summed E-state index contributed by atoms with van der Waals surface area (Å²) in [7, 11) is 0. The summed E-state index contributed by atoms with van der Waals surface area (Å²) in [5.41, 5.74) is 2.30. The number of carbonyl (C=O) groups is 1. The van der Waals surface area contributed by atoms with E-state index in [-0.39, 0.29) is 18.6 Å². The lowest BCUT2D eigenvalue weighted by Crippen LogP contribution is -2.32. The Morgan fingerprint density at radius 2 is 1.86 bits per heavy atom. The fourth-order valence-corrected chi connectivity index (χ4v) is 2.35. The quantitative estimate of drug-likeness (QED) is 0.863. The predicted molar refractivity (Wildman–Crippen MR) is 89.3 cm³/mol. The topological polar surface area (TPSA) is 38.3 Å². The third-order valence-electron chi connectivity index (χ3n) is 3.42. The summed E-state index contributed by atoms with van der Waals surface area (Å²) in [5.74, 6) is 0.357. The average molecular weight is 318 g/mol. The third kappa shape index (κ3) is 4.50. The third-order valence-corrected chi connectivity index (χ3v) is 3.73. The van der Waals surface area contributed by atoms with E-state index < -0.39 is 0 Å². The SMILES string of the molecule is CCC(NC(=O)COc1ccccc1Cl)c1ccc(C)cc1. The Labute approximate surface area is 136 Å². The highest BCUT2D eigenvalue weighted by atomic mass is 35.5. The van der Waals surface area contributed by atoms with E-state index in [1.54, 1.807) is 12.1 Å². The number of nitrogens with one attached hydrogen (secondary N) is 1. The average Bonchev–Trinajstić information content (AvgIpc) is 2.53. The zero-order valence-electron chi connectivity index (χ0n) is 12.8. The first-order chi connectivity index (χ1) is 10.6. The fraction of sp³-hybridized carbons (Fsp3) is 0.278. The van der Waals surface area contributed by atoms with E-state index in [0.717, 1.165) is 12.0 Å². The highest BCUT2D eigenvalue weighted by molar-refractivity contribution is 6.32. The van der Waals surface area contributed by atoms with Crippen molar-refractivity contribution in [2.45, 2.75) is 26.3 Å². The largest absolute Gasteiger partial charge is 0.482 e. The van der Waals surface area contributed by atoms with Crippen molar-refractivity contribution in [2.24, 2.45) is 0 Å². The maximum Gasteiger partial charge on any atom is 0.258 e. The predicted octanol–water partition coefficient (Wildman–Crippen LogP) is 4.29. The van der Waals surface area contributed by atoms with E-state index >= 15 is 0 Å². The highest BCUT2D eigenvalue weighted by Gasteiger charge is 2.13. The number of rotatable bonds is 6. The molecule has 116 valence electrons. The van der Waals surface area contributed by atoms with E-state index in [9.17, 15) is 4.79 Å². The smallest absolute Gasteiger partial charge is 0.258 e. The Bertz CT molecular complexity index is 625. The Hall–Kier alpha value is -2.00. The van der Waals surface area contributed by atoms with Gasteiger partial charge in [-0.1, -0.05) is 60.5 Å². The molecule has 1 atom stereocenters. The van der Waals surface area contributed by atoms with Crippen LogP contribution in [0.4, 0.5) is 0 Å². The van der Waals surface area contributed by atoms with Crippen molar-refractivity contribution in [3.05, 3.63) is 64.7 Å². The lowest BCUT2D eigenvalue weighted by molar-refractivity contribution is -0.123. The van der Waals surface area contributed by atoms with Gasteiger partial charge in [-0.05, 0) is 31.0 Å². The first kappa shape index (κ1) is 16.4. The number of ether oxygens (including phenoxy) is 1. The van der Waals surface area contributed by atoms with Crippen LogP contribution in [0.5, 0.6) is 5.75 Å². The summed E-state index contributed by atoms with van der Waals surface area (Å²) in [4.78, 5) is 12.1. The van der Waals surface area contributed by atoms with Crippen LogP contribution in [0.15, 0.2) is 48.5 Å². The van der Waals surface area contributed by atoms with E-state index in [1.165, 1.54) is 5.56 Å². The van der Waals surface area contributed by atoms with Crippen LogP contribution in [0.3, 0.4) is 0 Å². The molecular formula is C18H20ClNO2. The molecule has 1 N–H and O–H groups in total. The van der Waals surface area contributed by atoms with Gasteiger partial charge in [0.25, 0.3) is 5.91 Å². The first-order valence-corrected chi connectivity index (χ1v) is 7.71. The molecular weight excluding hydrogens is 298 g/mol. The van der Waals surface area contributed by atoms with Crippen LogP contribution in [-0.2, 0) is 4.79 Å². The molecule has 0 saturated carbocycles. The number of benzene rings is 2. The number of hydrogen-bond donors (Lipinski definition) is 1. The van der Waals surface area contributed by atoms with Crippen LogP contribution in [0.1, 0.15) is 30.5 Å². The zero-order valence-corrected chi connectivity index (χ0v) is 13.6. The van der Waals surface area contributed by atoms with Crippen LogP contribution >= 0.6 is 11.6 Å². The molecule has 2 aromatic rings. The van der Waals surface area contributed by atoms with Crippen LogP contribution in [0, 0.1) is 6.92 Å². The number of aryl methyl sites for hydroxylation is 1. The molecule has 0 fully saturated rings. The van der Waals surface area contributed by atoms with E-state index in [4.69, 9.17) is 16.3 Å². The number of halogens is 1. The van der Waals surface area contributed by atoms with Gasteiger partial charge >= 0.3 is 0 Å². The van der Waals surface area contributed by atoms with Crippen LogP contribution in [0.2, 0.25) is 5.02 Å². The van der Waals surface area contributed by atoms with Gasteiger partial charge in [0.2, 0.25) is 0 Å². The van der Waals surface area contributed by atoms with Crippen molar-refractivity contribution in [1.29, 1.82) is 0 Å². The standard InChI is InChI=1S/C18H20ClNO2/c1-3-16(14-10-8-13(2)9-11-14)20-18(21)12-22-17-7-5-4-6-15(17)19/h4-11,16H,3,12H2,1-2H3,(H,20,21). The van der Waals surface area contributed by atoms with Gasteiger partial charge in [0.1, 0.15) is 5.75 Å². The molecule has 0 radical (unpaired) electrons. The molecule has 0 aromatic heterocycles. The normalized spacial score (nSPS) is 11.8. The molecule has 0 saturated heterocycles. The molecule has 0 aliphatic heterocycles. The minimum absolute atomic E-state index is 0.0112. The summed E-state index contributed by atoms with van der Waals surface area (Å²) in [6, 6.07) is 15.3. The Kier molecular flexibility index (Phi) is 5.84. The monoisotopic (exact) mass is 317 g/mol. The van der Waals surface area contributed by atoms with Gasteiger partial charge in [0, 0.05) is 0 Å². The second-order valence-corrected chi connectivity index (χ2v) is 5.57. The van der Waals surface area contributed by atoms with Crippen molar-refractivity contribution >= 4 is 17.5 Å². The molecule has 0 spiro atoms.